The molecule has 6 heteroatoms. The summed E-state index contributed by atoms with van der Waals surface area (Å²) in [6, 6.07) is 0. The molecule has 0 unspecified atom stereocenters. The fourth-order valence-corrected chi connectivity index (χ4v) is 1.61. The molecule has 0 spiro atoms. The molecule has 0 saturated heterocycles. The van der Waals surface area contributed by atoms with Crippen molar-refractivity contribution < 1.29 is 9.90 Å². The summed E-state index contributed by atoms with van der Waals surface area (Å²) in [5.41, 5.74) is 0. The van der Waals surface area contributed by atoms with Gasteiger partial charge in [0.2, 0.25) is 5.82 Å². The number of nitrogens with zero attached hydrogens (tertiary/aromatic N) is 2. The lowest BCUT2D eigenvalue weighted by Crippen LogP contribution is -2.25. The van der Waals surface area contributed by atoms with Gasteiger partial charge in [0.1, 0.15) is 5.82 Å². The van der Waals surface area contributed by atoms with Crippen LogP contribution < -0.4 is 5.32 Å². The van der Waals surface area contributed by atoms with E-state index >= 15 is 0 Å². The third-order valence-electron chi connectivity index (χ3n) is 2.79. The predicted octanol–water partition coefficient (Wildman–Crippen LogP) is 0.574. The van der Waals surface area contributed by atoms with Gasteiger partial charge >= 0.3 is 0 Å². The van der Waals surface area contributed by atoms with Crippen molar-refractivity contribution in [2.45, 2.75) is 38.0 Å². The SMILES string of the molecule is O=C(NCCCCCO)c1n[nH]c(C2CC2)n1. The van der Waals surface area contributed by atoms with Crippen LogP contribution in [0.3, 0.4) is 0 Å². The largest absolute Gasteiger partial charge is 0.396 e. The van der Waals surface area contributed by atoms with E-state index in [4.69, 9.17) is 5.11 Å². The van der Waals surface area contributed by atoms with Crippen molar-refractivity contribution in [3.05, 3.63) is 11.6 Å². The molecule has 6 nitrogen and oxygen atoms in total. The number of carbonyl (C=O) groups is 1. The van der Waals surface area contributed by atoms with Crippen LogP contribution in [0.1, 0.15) is 54.5 Å². The monoisotopic (exact) mass is 238 g/mol. The zero-order chi connectivity index (χ0) is 12.1. The first-order chi connectivity index (χ1) is 8.31. The molecule has 1 aliphatic rings. The van der Waals surface area contributed by atoms with Gasteiger partial charge in [-0.1, -0.05) is 0 Å². The number of unbranched alkanes of at least 4 members (excludes halogenated alkanes) is 2. The molecule has 0 radical (unpaired) electrons. The van der Waals surface area contributed by atoms with Crippen LogP contribution in [0.2, 0.25) is 0 Å². The van der Waals surface area contributed by atoms with Gasteiger partial charge in [0, 0.05) is 19.1 Å². The van der Waals surface area contributed by atoms with Crippen LogP contribution in [-0.2, 0) is 0 Å². The smallest absolute Gasteiger partial charge is 0.290 e. The van der Waals surface area contributed by atoms with Gasteiger partial charge < -0.3 is 10.4 Å². The molecule has 1 aliphatic carbocycles. The third kappa shape index (κ3) is 3.52. The van der Waals surface area contributed by atoms with Crippen LogP contribution in [-0.4, -0.2) is 39.3 Å². The molecule has 0 aliphatic heterocycles. The van der Waals surface area contributed by atoms with Crippen LogP contribution in [0.15, 0.2) is 0 Å². The summed E-state index contributed by atoms with van der Waals surface area (Å²) >= 11 is 0. The molecular formula is C11H18N4O2. The number of amides is 1. The fraction of sp³-hybridized carbons (Fsp3) is 0.727. The number of aliphatic hydroxyl groups is 1. The van der Waals surface area contributed by atoms with Crippen molar-refractivity contribution in [1.29, 1.82) is 0 Å². The molecule has 1 aromatic heterocycles. The van der Waals surface area contributed by atoms with Crippen LogP contribution in [0.4, 0.5) is 0 Å². The Morgan fingerprint density at radius 2 is 2.24 bits per heavy atom. The van der Waals surface area contributed by atoms with E-state index in [1.165, 1.54) is 0 Å². The normalized spacial score (nSPS) is 14.9. The minimum atomic E-state index is -0.225. The van der Waals surface area contributed by atoms with E-state index in [0.29, 0.717) is 12.5 Å². The molecule has 3 N–H and O–H groups in total. The standard InChI is InChI=1S/C11H18N4O2/c16-7-3-1-2-6-12-11(17)10-13-9(14-15-10)8-4-5-8/h8,16H,1-7H2,(H,12,17)(H,13,14,15). The summed E-state index contributed by atoms with van der Waals surface area (Å²) in [5, 5.41) is 18.1. The molecule has 2 rings (SSSR count). The molecule has 0 bridgehead atoms. The zero-order valence-corrected chi connectivity index (χ0v) is 9.78. The van der Waals surface area contributed by atoms with Crippen LogP contribution in [0.25, 0.3) is 0 Å². The topological polar surface area (TPSA) is 90.9 Å². The van der Waals surface area contributed by atoms with Crippen LogP contribution >= 0.6 is 0 Å². The second-order valence-electron chi connectivity index (χ2n) is 4.36. The van der Waals surface area contributed by atoms with Gasteiger partial charge in [-0.25, -0.2) is 4.98 Å². The summed E-state index contributed by atoms with van der Waals surface area (Å²) in [6.45, 7) is 0.811. The molecule has 1 amide bonds. The Balaban J connectivity index is 1.70. The number of rotatable bonds is 7. The van der Waals surface area contributed by atoms with E-state index in [0.717, 1.165) is 37.9 Å². The quantitative estimate of drug-likeness (QED) is 0.606. The molecule has 1 heterocycles. The summed E-state index contributed by atoms with van der Waals surface area (Å²) in [5.74, 6) is 1.32. The average molecular weight is 238 g/mol. The summed E-state index contributed by atoms with van der Waals surface area (Å²) in [4.78, 5) is 15.8. The van der Waals surface area contributed by atoms with E-state index in [-0.39, 0.29) is 18.3 Å². The molecule has 1 saturated carbocycles. The van der Waals surface area contributed by atoms with Crippen molar-refractivity contribution in [2.24, 2.45) is 0 Å². The first-order valence-electron chi connectivity index (χ1n) is 6.12. The fourth-order valence-electron chi connectivity index (χ4n) is 1.61. The van der Waals surface area contributed by atoms with Gasteiger partial charge in [-0.2, -0.15) is 0 Å². The minimum Gasteiger partial charge on any atom is -0.396 e. The maximum absolute atomic E-state index is 11.6. The number of nitrogens with one attached hydrogen (secondary N) is 2. The third-order valence-corrected chi connectivity index (χ3v) is 2.79. The molecule has 0 atom stereocenters. The van der Waals surface area contributed by atoms with E-state index in [1.54, 1.807) is 0 Å². The first kappa shape index (κ1) is 12.0. The number of carbonyl (C=O) groups excluding carboxylic acids is 1. The molecule has 1 fully saturated rings. The Bertz CT molecular complexity index is 373. The molecule has 17 heavy (non-hydrogen) atoms. The predicted molar refractivity (Wildman–Crippen MR) is 61.6 cm³/mol. The van der Waals surface area contributed by atoms with Gasteiger partial charge in [-0.05, 0) is 32.1 Å². The lowest BCUT2D eigenvalue weighted by Gasteiger charge is -2.01. The van der Waals surface area contributed by atoms with Gasteiger partial charge in [-0.15, -0.1) is 5.10 Å². The highest BCUT2D eigenvalue weighted by atomic mass is 16.2. The van der Waals surface area contributed by atoms with Crippen molar-refractivity contribution in [1.82, 2.24) is 20.5 Å². The summed E-state index contributed by atoms with van der Waals surface area (Å²) in [7, 11) is 0. The lowest BCUT2D eigenvalue weighted by molar-refractivity contribution is 0.0943. The Labute approximate surface area is 99.8 Å². The Kier molecular flexibility index (Phi) is 4.08. The van der Waals surface area contributed by atoms with Crippen LogP contribution in [0, 0.1) is 0 Å². The van der Waals surface area contributed by atoms with Gasteiger partial charge in [-0.3, -0.25) is 9.89 Å². The highest BCUT2D eigenvalue weighted by Gasteiger charge is 2.28. The lowest BCUT2D eigenvalue weighted by atomic mass is 10.2. The Morgan fingerprint density at radius 3 is 2.94 bits per heavy atom. The van der Waals surface area contributed by atoms with Crippen molar-refractivity contribution in [2.75, 3.05) is 13.2 Å². The van der Waals surface area contributed by atoms with Crippen molar-refractivity contribution >= 4 is 5.91 Å². The molecule has 0 aromatic carbocycles. The number of H-pyrrole nitrogens is 1. The van der Waals surface area contributed by atoms with Gasteiger partial charge in [0.05, 0.1) is 0 Å². The van der Waals surface area contributed by atoms with Gasteiger partial charge in [0.25, 0.3) is 5.91 Å². The number of hydrogen-bond donors (Lipinski definition) is 3. The van der Waals surface area contributed by atoms with Gasteiger partial charge in [0.15, 0.2) is 0 Å². The highest BCUT2D eigenvalue weighted by molar-refractivity contribution is 5.90. The Hall–Kier alpha value is -1.43. The van der Waals surface area contributed by atoms with Crippen molar-refractivity contribution in [3.63, 3.8) is 0 Å². The maximum Gasteiger partial charge on any atom is 0.290 e. The first-order valence-corrected chi connectivity index (χ1v) is 6.12. The number of aromatic nitrogens is 3. The van der Waals surface area contributed by atoms with E-state index in [2.05, 4.69) is 20.5 Å². The highest BCUT2D eigenvalue weighted by Crippen LogP contribution is 2.37. The average Bonchev–Trinajstić information content (AvgIpc) is 3.07. The molecule has 1 aromatic rings. The summed E-state index contributed by atoms with van der Waals surface area (Å²) in [6.07, 6.45) is 4.83. The van der Waals surface area contributed by atoms with Crippen molar-refractivity contribution in [3.8, 4) is 0 Å². The maximum atomic E-state index is 11.6. The van der Waals surface area contributed by atoms with E-state index < -0.39 is 0 Å². The number of hydrogen-bond acceptors (Lipinski definition) is 4. The molecule has 94 valence electrons. The van der Waals surface area contributed by atoms with E-state index in [1.807, 2.05) is 0 Å². The number of aromatic amines is 1. The van der Waals surface area contributed by atoms with E-state index in [9.17, 15) is 4.79 Å². The Morgan fingerprint density at radius 1 is 1.41 bits per heavy atom. The minimum absolute atomic E-state index is 0.208. The number of aliphatic hydroxyl groups excluding tert-OH is 1. The second-order valence-corrected chi connectivity index (χ2v) is 4.36. The second kappa shape index (κ2) is 5.77. The molecular weight excluding hydrogens is 220 g/mol. The zero-order valence-electron chi connectivity index (χ0n) is 9.78. The summed E-state index contributed by atoms with van der Waals surface area (Å²) < 4.78 is 0. The van der Waals surface area contributed by atoms with Crippen LogP contribution in [0.5, 0.6) is 0 Å².